The van der Waals surface area contributed by atoms with E-state index in [4.69, 9.17) is 0 Å². The van der Waals surface area contributed by atoms with Crippen LogP contribution in [-0.2, 0) is 9.53 Å². The molecule has 1 heterocycles. The van der Waals surface area contributed by atoms with E-state index in [0.717, 1.165) is 24.3 Å². The van der Waals surface area contributed by atoms with Gasteiger partial charge in [-0.3, -0.25) is 4.79 Å². The summed E-state index contributed by atoms with van der Waals surface area (Å²) in [4.78, 5) is 23.7. The Kier molecular flexibility index (Phi) is 4.70. The second-order valence-corrected chi connectivity index (χ2v) is 5.12. The molecule has 132 valence electrons. The number of urea groups is 1. The Labute approximate surface area is 133 Å². The Morgan fingerprint density at radius 2 is 1.92 bits per heavy atom. The Morgan fingerprint density at radius 3 is 2.42 bits per heavy atom. The number of carbonyl (C=O) groups excluding carboxylic acids is 2. The first-order valence-electron chi connectivity index (χ1n) is 6.90. The molecule has 6 nitrogen and oxygen atoms in total. The SMILES string of the molecule is CCOC(=O)[C@@H]1[C@H](c2ccc(F)cc2)NC(=O)N[C@]1(O)C(F)(F)F. The fourth-order valence-electron chi connectivity index (χ4n) is 2.48. The third-order valence-corrected chi connectivity index (χ3v) is 3.58. The van der Waals surface area contributed by atoms with E-state index < -0.39 is 41.7 Å². The van der Waals surface area contributed by atoms with Gasteiger partial charge in [0.25, 0.3) is 5.72 Å². The lowest BCUT2D eigenvalue weighted by atomic mass is 9.82. The summed E-state index contributed by atoms with van der Waals surface area (Å²) in [5.41, 5.74) is -3.83. The van der Waals surface area contributed by atoms with Gasteiger partial charge < -0.3 is 20.5 Å². The second-order valence-electron chi connectivity index (χ2n) is 5.12. The fourth-order valence-corrected chi connectivity index (χ4v) is 2.48. The minimum absolute atomic E-state index is 0.00646. The highest BCUT2D eigenvalue weighted by molar-refractivity contribution is 5.83. The third kappa shape index (κ3) is 3.14. The molecule has 1 aromatic carbocycles. The zero-order chi connectivity index (χ0) is 18.1. The Balaban J connectivity index is 2.55. The maximum atomic E-state index is 13.3. The van der Waals surface area contributed by atoms with Gasteiger partial charge in [-0.15, -0.1) is 0 Å². The van der Waals surface area contributed by atoms with Crippen LogP contribution in [0.2, 0.25) is 0 Å². The van der Waals surface area contributed by atoms with E-state index in [2.05, 4.69) is 10.1 Å². The number of amides is 2. The van der Waals surface area contributed by atoms with Crippen LogP contribution in [0.1, 0.15) is 18.5 Å². The van der Waals surface area contributed by atoms with E-state index in [1.165, 1.54) is 12.2 Å². The highest BCUT2D eigenvalue weighted by Crippen LogP contribution is 2.43. The van der Waals surface area contributed by atoms with Crippen molar-refractivity contribution in [2.45, 2.75) is 24.9 Å². The minimum atomic E-state index is -5.35. The molecule has 1 aromatic rings. The number of carbonyl (C=O) groups is 2. The normalized spacial score (nSPS) is 27.2. The van der Waals surface area contributed by atoms with Crippen molar-refractivity contribution in [2.24, 2.45) is 5.92 Å². The van der Waals surface area contributed by atoms with Gasteiger partial charge in [0.2, 0.25) is 0 Å². The van der Waals surface area contributed by atoms with Gasteiger partial charge in [0.1, 0.15) is 11.7 Å². The first-order chi connectivity index (χ1) is 11.1. The molecule has 1 fully saturated rings. The number of hydrogen-bond acceptors (Lipinski definition) is 4. The van der Waals surface area contributed by atoms with E-state index in [-0.39, 0.29) is 12.2 Å². The molecular formula is C14H14F4N2O4. The van der Waals surface area contributed by atoms with Crippen molar-refractivity contribution >= 4 is 12.0 Å². The number of ether oxygens (including phenoxy) is 1. The number of esters is 1. The molecule has 3 N–H and O–H groups in total. The Morgan fingerprint density at radius 1 is 1.33 bits per heavy atom. The zero-order valence-electron chi connectivity index (χ0n) is 12.4. The average molecular weight is 350 g/mol. The fraction of sp³-hybridized carbons (Fsp3) is 0.429. The maximum absolute atomic E-state index is 13.3. The van der Waals surface area contributed by atoms with Crippen molar-refractivity contribution in [1.29, 1.82) is 0 Å². The van der Waals surface area contributed by atoms with Gasteiger partial charge in [-0.2, -0.15) is 13.2 Å². The third-order valence-electron chi connectivity index (χ3n) is 3.58. The lowest BCUT2D eigenvalue weighted by molar-refractivity contribution is -0.294. The molecule has 2 amide bonds. The molecule has 10 heteroatoms. The topological polar surface area (TPSA) is 87.7 Å². The molecule has 2 rings (SSSR count). The summed E-state index contributed by atoms with van der Waals surface area (Å²) in [5, 5.41) is 13.5. The molecule has 1 aliphatic heterocycles. The summed E-state index contributed by atoms with van der Waals surface area (Å²) in [5.74, 6) is -4.24. The monoisotopic (exact) mass is 350 g/mol. The highest BCUT2D eigenvalue weighted by Gasteiger charge is 2.67. The van der Waals surface area contributed by atoms with Crippen molar-refractivity contribution in [3.63, 3.8) is 0 Å². The van der Waals surface area contributed by atoms with E-state index >= 15 is 0 Å². The van der Waals surface area contributed by atoms with Gasteiger partial charge in [0.05, 0.1) is 12.6 Å². The van der Waals surface area contributed by atoms with Crippen LogP contribution >= 0.6 is 0 Å². The van der Waals surface area contributed by atoms with Crippen molar-refractivity contribution in [3.8, 4) is 0 Å². The van der Waals surface area contributed by atoms with E-state index in [0.29, 0.717) is 0 Å². The molecule has 0 unspecified atom stereocenters. The number of halogens is 4. The molecule has 0 radical (unpaired) electrons. The van der Waals surface area contributed by atoms with Crippen molar-refractivity contribution in [2.75, 3.05) is 6.61 Å². The van der Waals surface area contributed by atoms with Crippen molar-refractivity contribution in [1.82, 2.24) is 10.6 Å². The summed E-state index contributed by atoms with van der Waals surface area (Å²) in [6.07, 6.45) is -5.35. The van der Waals surface area contributed by atoms with Crippen LogP contribution in [-0.4, -0.2) is 35.6 Å². The minimum Gasteiger partial charge on any atom is -0.466 e. The zero-order valence-corrected chi connectivity index (χ0v) is 12.4. The van der Waals surface area contributed by atoms with Crippen LogP contribution in [0.4, 0.5) is 22.4 Å². The highest BCUT2D eigenvalue weighted by atomic mass is 19.4. The first kappa shape index (κ1) is 18.0. The smallest absolute Gasteiger partial charge is 0.437 e. The van der Waals surface area contributed by atoms with Crippen LogP contribution in [0.25, 0.3) is 0 Å². The second kappa shape index (κ2) is 6.27. The molecule has 0 spiro atoms. The summed E-state index contributed by atoms with van der Waals surface area (Å²) >= 11 is 0. The number of nitrogens with one attached hydrogen (secondary N) is 2. The largest absolute Gasteiger partial charge is 0.466 e. The Hall–Kier alpha value is -2.36. The van der Waals surface area contributed by atoms with Gasteiger partial charge in [0, 0.05) is 0 Å². The predicted molar refractivity (Wildman–Crippen MR) is 71.9 cm³/mol. The standard InChI is InChI=1S/C14H14F4N2O4/c1-2-24-11(21)9-10(7-3-5-8(15)6-4-7)19-12(22)20-13(9,23)14(16,17)18/h3-6,9-10,23H,2H2,1H3,(H2,19,20,22)/t9-,10-,13+/m0/s1. The van der Waals surface area contributed by atoms with Gasteiger partial charge in [-0.25, -0.2) is 9.18 Å². The summed E-state index contributed by atoms with van der Waals surface area (Å²) in [6.45, 7) is 1.15. The molecular weight excluding hydrogens is 336 g/mol. The molecule has 24 heavy (non-hydrogen) atoms. The number of aliphatic hydroxyl groups is 1. The van der Waals surface area contributed by atoms with Crippen LogP contribution < -0.4 is 10.6 Å². The van der Waals surface area contributed by atoms with Gasteiger partial charge >= 0.3 is 18.2 Å². The summed E-state index contributed by atoms with van der Waals surface area (Å²) in [7, 11) is 0. The van der Waals surface area contributed by atoms with Crippen LogP contribution in [0.5, 0.6) is 0 Å². The molecule has 1 saturated heterocycles. The number of rotatable bonds is 3. The van der Waals surface area contributed by atoms with E-state index in [1.807, 2.05) is 0 Å². The number of benzene rings is 1. The van der Waals surface area contributed by atoms with Gasteiger partial charge in [-0.1, -0.05) is 12.1 Å². The van der Waals surface area contributed by atoms with E-state index in [1.54, 1.807) is 0 Å². The number of hydrogen-bond donors (Lipinski definition) is 3. The predicted octanol–water partition coefficient (Wildman–Crippen LogP) is 1.61. The Bertz CT molecular complexity index is 635. The number of alkyl halides is 3. The maximum Gasteiger partial charge on any atom is 0.437 e. The lowest BCUT2D eigenvalue weighted by Crippen LogP contribution is -2.73. The molecule has 0 bridgehead atoms. The van der Waals surface area contributed by atoms with Crippen molar-refractivity contribution in [3.05, 3.63) is 35.6 Å². The summed E-state index contributed by atoms with van der Waals surface area (Å²) < 4.78 is 57.7. The molecule has 0 saturated carbocycles. The van der Waals surface area contributed by atoms with Crippen LogP contribution in [0, 0.1) is 11.7 Å². The average Bonchev–Trinajstić information content (AvgIpc) is 2.46. The van der Waals surface area contributed by atoms with Gasteiger partial charge in [-0.05, 0) is 24.6 Å². The quantitative estimate of drug-likeness (QED) is 0.571. The molecule has 3 atom stereocenters. The molecule has 0 aliphatic carbocycles. The summed E-state index contributed by atoms with van der Waals surface area (Å²) in [6, 6.07) is 1.23. The first-order valence-corrected chi connectivity index (χ1v) is 6.90. The van der Waals surface area contributed by atoms with Crippen LogP contribution in [0.3, 0.4) is 0 Å². The van der Waals surface area contributed by atoms with Gasteiger partial charge in [0.15, 0.2) is 0 Å². The van der Waals surface area contributed by atoms with Crippen molar-refractivity contribution < 1.29 is 37.0 Å². The molecule has 0 aromatic heterocycles. The lowest BCUT2D eigenvalue weighted by Gasteiger charge is -2.44. The molecule has 1 aliphatic rings. The van der Waals surface area contributed by atoms with Crippen LogP contribution in [0.15, 0.2) is 24.3 Å². The van der Waals surface area contributed by atoms with E-state index in [9.17, 15) is 32.3 Å².